The average molecular weight is 337 g/mol. The molecule has 0 aromatic heterocycles. The van der Waals surface area contributed by atoms with E-state index >= 15 is 0 Å². The Morgan fingerprint density at radius 1 is 1.42 bits per heavy atom. The van der Waals surface area contributed by atoms with Crippen LogP contribution in [0.3, 0.4) is 0 Å². The summed E-state index contributed by atoms with van der Waals surface area (Å²) < 4.78 is 18.5. The minimum absolute atomic E-state index is 0.0361. The Hall–Kier alpha value is -2.97. The number of nitrogens with zero attached hydrogens (tertiary/aromatic N) is 2. The van der Waals surface area contributed by atoms with Crippen LogP contribution in [0, 0.1) is 5.82 Å². The van der Waals surface area contributed by atoms with Gasteiger partial charge in [-0.05, 0) is 17.7 Å². The van der Waals surface area contributed by atoms with Gasteiger partial charge in [-0.25, -0.2) is 14.2 Å². The van der Waals surface area contributed by atoms with E-state index in [0.717, 1.165) is 11.1 Å². The zero-order chi connectivity index (χ0) is 17.9. The smallest absolute Gasteiger partial charge is 0.330 e. The van der Waals surface area contributed by atoms with Gasteiger partial charge in [0.25, 0.3) is 5.91 Å². The molecule has 0 fully saturated rings. The van der Waals surface area contributed by atoms with Gasteiger partial charge in [-0.1, -0.05) is 6.07 Å². The van der Waals surface area contributed by atoms with Gasteiger partial charge in [0.15, 0.2) is 17.6 Å². The largest absolute Gasteiger partial charge is 0.494 e. The van der Waals surface area contributed by atoms with Gasteiger partial charge in [0.1, 0.15) is 5.71 Å². The van der Waals surface area contributed by atoms with Gasteiger partial charge >= 0.3 is 5.97 Å². The van der Waals surface area contributed by atoms with Crippen LogP contribution in [0.4, 0.5) is 4.39 Å². The van der Waals surface area contributed by atoms with E-state index in [-0.39, 0.29) is 35.8 Å². The molecule has 1 heterocycles. The number of amides is 2. The summed E-state index contributed by atoms with van der Waals surface area (Å²) in [6.07, 6.45) is 0.218. The van der Waals surface area contributed by atoms with E-state index in [1.807, 2.05) is 0 Å². The summed E-state index contributed by atoms with van der Waals surface area (Å²) in [5.74, 6) is -3.09. The van der Waals surface area contributed by atoms with Crippen LogP contribution in [0.5, 0.6) is 5.75 Å². The molecule has 0 radical (unpaired) electrons. The van der Waals surface area contributed by atoms with Crippen molar-refractivity contribution in [2.45, 2.75) is 18.9 Å². The van der Waals surface area contributed by atoms with Crippen LogP contribution in [-0.2, 0) is 14.4 Å². The van der Waals surface area contributed by atoms with E-state index in [2.05, 4.69) is 10.4 Å². The topological polar surface area (TPSA) is 108 Å². The zero-order valence-corrected chi connectivity index (χ0v) is 13.1. The fraction of sp³-hybridized carbons (Fsp3) is 0.333. The van der Waals surface area contributed by atoms with Crippen molar-refractivity contribution in [1.82, 2.24) is 10.3 Å². The molecular weight excluding hydrogens is 321 g/mol. The summed E-state index contributed by atoms with van der Waals surface area (Å²) in [6.45, 7) is 0. The van der Waals surface area contributed by atoms with E-state index in [4.69, 9.17) is 4.74 Å². The molecule has 1 aliphatic rings. The first kappa shape index (κ1) is 17.4. The van der Waals surface area contributed by atoms with Gasteiger partial charge < -0.3 is 15.2 Å². The molecule has 128 valence electrons. The highest BCUT2D eigenvalue weighted by Crippen LogP contribution is 2.22. The highest BCUT2D eigenvalue weighted by molar-refractivity contribution is 6.39. The number of benzene rings is 1. The molecule has 1 unspecified atom stereocenters. The first-order valence-electron chi connectivity index (χ1n) is 7.04. The molecule has 1 aliphatic heterocycles. The Labute approximate surface area is 136 Å². The number of carbonyl (C=O) groups is 3. The standard InChI is InChI=1S/C15H16FN3O5/c1-19-12(20)6-4-10(18-19)14(21)17-13(15(22)23)8-3-5-11(24-2)9(16)7-8/h3,5,7,13H,4,6H2,1-2H3,(H,17,21)(H,22,23). The maximum atomic E-state index is 13.8. The van der Waals surface area contributed by atoms with E-state index < -0.39 is 23.7 Å². The monoisotopic (exact) mass is 337 g/mol. The molecule has 0 bridgehead atoms. The van der Waals surface area contributed by atoms with Crippen molar-refractivity contribution < 1.29 is 28.6 Å². The lowest BCUT2D eigenvalue weighted by atomic mass is 10.1. The number of ether oxygens (including phenoxy) is 1. The zero-order valence-electron chi connectivity index (χ0n) is 13.1. The Balaban J connectivity index is 2.21. The highest BCUT2D eigenvalue weighted by atomic mass is 19.1. The number of hydrazone groups is 1. The second-order valence-electron chi connectivity index (χ2n) is 5.10. The van der Waals surface area contributed by atoms with E-state index in [0.29, 0.717) is 0 Å². The van der Waals surface area contributed by atoms with Crippen molar-refractivity contribution in [2.24, 2.45) is 5.10 Å². The molecule has 0 saturated carbocycles. The molecular formula is C15H16FN3O5. The van der Waals surface area contributed by atoms with Crippen LogP contribution < -0.4 is 10.1 Å². The molecule has 1 aromatic rings. The fourth-order valence-corrected chi connectivity index (χ4v) is 2.20. The third-order valence-corrected chi connectivity index (χ3v) is 3.50. The molecule has 2 amide bonds. The van der Waals surface area contributed by atoms with Crippen LogP contribution in [0.15, 0.2) is 23.3 Å². The molecule has 0 aliphatic carbocycles. The number of aliphatic carboxylic acids is 1. The molecule has 1 aromatic carbocycles. The number of halogens is 1. The molecule has 2 N–H and O–H groups in total. The van der Waals surface area contributed by atoms with Gasteiger partial charge in [-0.2, -0.15) is 5.10 Å². The number of nitrogens with one attached hydrogen (secondary N) is 1. The van der Waals surface area contributed by atoms with E-state index in [9.17, 15) is 23.9 Å². The highest BCUT2D eigenvalue weighted by Gasteiger charge is 2.28. The first-order chi connectivity index (χ1) is 11.3. The van der Waals surface area contributed by atoms with Gasteiger partial charge in [0, 0.05) is 19.9 Å². The Kier molecular flexibility index (Phi) is 5.12. The summed E-state index contributed by atoms with van der Waals surface area (Å²) in [5.41, 5.74) is 0.0901. The third-order valence-electron chi connectivity index (χ3n) is 3.50. The minimum atomic E-state index is -1.46. The lowest BCUT2D eigenvalue weighted by Gasteiger charge is -2.21. The van der Waals surface area contributed by atoms with Gasteiger partial charge in [-0.15, -0.1) is 0 Å². The lowest BCUT2D eigenvalue weighted by molar-refractivity contribution is -0.141. The summed E-state index contributed by atoms with van der Waals surface area (Å²) >= 11 is 0. The number of carboxylic acid groups (broad SMARTS) is 1. The SMILES string of the molecule is COc1ccc(C(NC(=O)C2=NN(C)C(=O)CC2)C(=O)O)cc1F. The number of rotatable bonds is 5. The maximum Gasteiger partial charge on any atom is 0.330 e. The van der Waals surface area contributed by atoms with Crippen molar-refractivity contribution in [3.63, 3.8) is 0 Å². The number of carboxylic acids is 1. The van der Waals surface area contributed by atoms with Gasteiger partial charge in [-0.3, -0.25) is 9.59 Å². The Morgan fingerprint density at radius 2 is 2.12 bits per heavy atom. The first-order valence-corrected chi connectivity index (χ1v) is 7.04. The van der Waals surface area contributed by atoms with Crippen LogP contribution in [0.1, 0.15) is 24.4 Å². The van der Waals surface area contributed by atoms with Crippen molar-refractivity contribution in [2.75, 3.05) is 14.2 Å². The van der Waals surface area contributed by atoms with Crippen LogP contribution in [0.2, 0.25) is 0 Å². The van der Waals surface area contributed by atoms with Gasteiger partial charge in [0.2, 0.25) is 5.91 Å². The maximum absolute atomic E-state index is 13.8. The minimum Gasteiger partial charge on any atom is -0.494 e. The van der Waals surface area contributed by atoms with E-state index in [1.165, 1.54) is 26.3 Å². The molecule has 2 rings (SSSR count). The normalized spacial score (nSPS) is 15.5. The van der Waals surface area contributed by atoms with E-state index in [1.54, 1.807) is 0 Å². The average Bonchev–Trinajstić information content (AvgIpc) is 2.54. The number of hydrogen-bond donors (Lipinski definition) is 2. The summed E-state index contributed by atoms with van der Waals surface area (Å²) in [4.78, 5) is 35.0. The second-order valence-corrected chi connectivity index (χ2v) is 5.10. The quantitative estimate of drug-likeness (QED) is 0.821. The molecule has 0 saturated heterocycles. The summed E-state index contributed by atoms with van der Waals surface area (Å²) in [7, 11) is 2.69. The molecule has 8 nitrogen and oxygen atoms in total. The molecule has 24 heavy (non-hydrogen) atoms. The summed E-state index contributed by atoms with van der Waals surface area (Å²) in [5, 5.41) is 16.4. The second kappa shape index (κ2) is 7.07. The Morgan fingerprint density at radius 3 is 2.67 bits per heavy atom. The van der Waals surface area contributed by atoms with Gasteiger partial charge in [0.05, 0.1) is 7.11 Å². The van der Waals surface area contributed by atoms with Crippen LogP contribution >= 0.6 is 0 Å². The van der Waals surface area contributed by atoms with Crippen molar-refractivity contribution >= 4 is 23.5 Å². The number of methoxy groups -OCH3 is 1. The predicted molar refractivity (Wildman–Crippen MR) is 80.9 cm³/mol. The number of carbonyl (C=O) groups excluding carboxylic acids is 2. The Bertz CT molecular complexity index is 719. The summed E-state index contributed by atoms with van der Waals surface area (Å²) in [6, 6.07) is 2.15. The van der Waals surface area contributed by atoms with Crippen molar-refractivity contribution in [1.29, 1.82) is 0 Å². The van der Waals surface area contributed by atoms with Crippen molar-refractivity contribution in [3.8, 4) is 5.75 Å². The molecule has 1 atom stereocenters. The molecule has 0 spiro atoms. The third kappa shape index (κ3) is 3.67. The fourth-order valence-electron chi connectivity index (χ4n) is 2.20. The number of hydrogen-bond acceptors (Lipinski definition) is 5. The van der Waals surface area contributed by atoms with Crippen molar-refractivity contribution in [3.05, 3.63) is 29.6 Å². The lowest BCUT2D eigenvalue weighted by Crippen LogP contribution is -2.41. The van der Waals surface area contributed by atoms with Crippen LogP contribution in [0.25, 0.3) is 0 Å². The predicted octanol–water partition coefficient (Wildman–Crippen LogP) is 0.684. The molecule has 9 heteroatoms. The van der Waals surface area contributed by atoms with Crippen LogP contribution in [-0.4, -0.2) is 47.8 Å².